The number of thioether (sulfide) groups is 1. The summed E-state index contributed by atoms with van der Waals surface area (Å²) in [6.45, 7) is 7.64. The summed E-state index contributed by atoms with van der Waals surface area (Å²) in [6, 6.07) is 12.7. The van der Waals surface area contributed by atoms with E-state index in [0.29, 0.717) is 29.9 Å². The normalized spacial score (nSPS) is 20.4. The van der Waals surface area contributed by atoms with Crippen molar-refractivity contribution in [2.24, 2.45) is 5.92 Å². The lowest BCUT2D eigenvalue weighted by molar-refractivity contribution is 0.281. The second-order valence-electron chi connectivity index (χ2n) is 10.2. The molecule has 5 rings (SSSR count). The Morgan fingerprint density at radius 1 is 1.00 bits per heavy atom. The molecule has 0 bridgehead atoms. The molecule has 1 aliphatic heterocycles. The third-order valence-corrected chi connectivity index (χ3v) is 10.4. The second-order valence-corrected chi connectivity index (χ2v) is 13.1. The van der Waals surface area contributed by atoms with Gasteiger partial charge in [-0.3, -0.25) is 0 Å². The van der Waals surface area contributed by atoms with Gasteiger partial charge in [-0.05, 0) is 80.3 Å². The summed E-state index contributed by atoms with van der Waals surface area (Å²) in [5.74, 6) is 1.26. The van der Waals surface area contributed by atoms with Crippen LogP contribution in [0.1, 0.15) is 68.2 Å². The van der Waals surface area contributed by atoms with Crippen LogP contribution >= 0.6 is 11.8 Å². The molecular formula is C27H35N3O2S2. The van der Waals surface area contributed by atoms with Crippen molar-refractivity contribution in [2.45, 2.75) is 81.1 Å². The second kappa shape index (κ2) is 9.67. The number of piperidine rings is 1. The molecule has 2 heterocycles. The Labute approximate surface area is 208 Å². The number of hydrogen-bond donors (Lipinski definition) is 0. The summed E-state index contributed by atoms with van der Waals surface area (Å²) in [4.78, 5) is 5.36. The number of fused-ring (bicyclic) bond motifs is 1. The number of benzene rings is 2. The first-order valence-electron chi connectivity index (χ1n) is 12.5. The van der Waals surface area contributed by atoms with Gasteiger partial charge in [-0.1, -0.05) is 49.7 Å². The third kappa shape index (κ3) is 4.67. The van der Waals surface area contributed by atoms with Crippen LogP contribution in [0, 0.1) is 19.8 Å². The molecule has 5 nitrogen and oxygen atoms in total. The van der Waals surface area contributed by atoms with Gasteiger partial charge in [0.25, 0.3) is 0 Å². The van der Waals surface area contributed by atoms with Crippen LogP contribution in [0.5, 0.6) is 0 Å². The third-order valence-electron chi connectivity index (χ3n) is 7.52. The number of hydrogen-bond acceptors (Lipinski definition) is 4. The van der Waals surface area contributed by atoms with Gasteiger partial charge in [0.2, 0.25) is 10.0 Å². The van der Waals surface area contributed by atoms with Crippen molar-refractivity contribution in [3.8, 4) is 0 Å². The van der Waals surface area contributed by atoms with E-state index in [9.17, 15) is 8.42 Å². The van der Waals surface area contributed by atoms with Gasteiger partial charge in [0, 0.05) is 24.9 Å². The first kappa shape index (κ1) is 23.9. The Hall–Kier alpha value is -1.83. The molecule has 0 N–H and O–H groups in total. The maximum atomic E-state index is 13.4. The summed E-state index contributed by atoms with van der Waals surface area (Å²) in [5, 5.41) is 1.00. The van der Waals surface area contributed by atoms with Crippen molar-refractivity contribution >= 4 is 32.8 Å². The van der Waals surface area contributed by atoms with Crippen molar-refractivity contribution in [3.63, 3.8) is 0 Å². The van der Waals surface area contributed by atoms with E-state index >= 15 is 0 Å². The van der Waals surface area contributed by atoms with Crippen LogP contribution in [-0.2, 0) is 15.8 Å². The molecule has 0 spiro atoms. The molecule has 0 radical (unpaired) electrons. The molecule has 0 amide bonds. The summed E-state index contributed by atoms with van der Waals surface area (Å²) in [7, 11) is -3.50. The molecule has 1 aromatic heterocycles. The Morgan fingerprint density at radius 3 is 2.53 bits per heavy atom. The average molecular weight is 498 g/mol. The van der Waals surface area contributed by atoms with Gasteiger partial charge in [0.05, 0.1) is 15.9 Å². The fourth-order valence-electron chi connectivity index (χ4n) is 5.39. The highest BCUT2D eigenvalue weighted by Gasteiger charge is 2.30. The summed E-state index contributed by atoms with van der Waals surface area (Å²) < 4.78 is 30.8. The molecule has 7 heteroatoms. The average Bonchev–Trinajstić information content (AvgIpc) is 3.46. The van der Waals surface area contributed by atoms with E-state index in [1.165, 1.54) is 29.5 Å². The van der Waals surface area contributed by atoms with E-state index in [-0.39, 0.29) is 0 Å². The lowest BCUT2D eigenvalue weighted by atomic mass is 10.0. The zero-order chi connectivity index (χ0) is 23.9. The number of imidazole rings is 1. The highest BCUT2D eigenvalue weighted by Crippen LogP contribution is 2.38. The monoisotopic (exact) mass is 497 g/mol. The zero-order valence-electron chi connectivity index (χ0n) is 20.5. The van der Waals surface area contributed by atoms with Gasteiger partial charge in [-0.15, -0.1) is 0 Å². The number of aryl methyl sites for hydroxylation is 2. The molecule has 1 atom stereocenters. The first-order valence-corrected chi connectivity index (χ1v) is 15.0. The molecule has 182 valence electrons. The summed E-state index contributed by atoms with van der Waals surface area (Å²) >= 11 is 1.76. The van der Waals surface area contributed by atoms with Crippen molar-refractivity contribution in [3.05, 3.63) is 53.1 Å². The predicted molar refractivity (Wildman–Crippen MR) is 140 cm³/mol. The summed E-state index contributed by atoms with van der Waals surface area (Å²) in [6.07, 6.45) is 6.83. The molecule has 1 saturated heterocycles. The van der Waals surface area contributed by atoms with Gasteiger partial charge >= 0.3 is 0 Å². The molecule has 1 unspecified atom stereocenters. The minimum atomic E-state index is -3.50. The largest absolute Gasteiger partial charge is 0.316 e. The predicted octanol–water partition coefficient (Wildman–Crippen LogP) is 6.48. The lowest BCUT2D eigenvalue weighted by Crippen LogP contribution is -2.39. The topological polar surface area (TPSA) is 55.2 Å². The standard InChI is InChI=1S/C27H35N3O2S2/c1-19-7-6-14-29(17-19)34(31,32)24-12-13-26-25(16-24)28-27(30(26)23-8-4-5-9-23)33-18-22-11-10-20(2)21(3)15-22/h10-13,15-16,19,23H,4-9,14,17-18H2,1-3H3. The van der Waals surface area contributed by atoms with E-state index in [2.05, 4.69) is 43.5 Å². The molecular weight excluding hydrogens is 462 g/mol. The van der Waals surface area contributed by atoms with E-state index in [1.807, 2.05) is 6.07 Å². The Bertz CT molecular complexity index is 1290. The maximum Gasteiger partial charge on any atom is 0.243 e. The van der Waals surface area contributed by atoms with Crippen molar-refractivity contribution in [1.82, 2.24) is 13.9 Å². The van der Waals surface area contributed by atoms with Crippen LogP contribution in [0.25, 0.3) is 11.0 Å². The van der Waals surface area contributed by atoms with Gasteiger partial charge < -0.3 is 4.57 Å². The molecule has 2 aromatic carbocycles. The van der Waals surface area contributed by atoms with Crippen LogP contribution in [0.4, 0.5) is 0 Å². The van der Waals surface area contributed by atoms with Crippen molar-refractivity contribution in [1.29, 1.82) is 0 Å². The van der Waals surface area contributed by atoms with E-state index in [0.717, 1.165) is 47.6 Å². The van der Waals surface area contributed by atoms with Gasteiger partial charge in [0.15, 0.2) is 5.16 Å². The number of sulfonamides is 1. The molecule has 2 aliphatic rings. The van der Waals surface area contributed by atoms with Crippen LogP contribution < -0.4 is 0 Å². The van der Waals surface area contributed by atoms with Crippen LogP contribution in [0.3, 0.4) is 0 Å². The Kier molecular flexibility index (Phi) is 6.79. The quantitative estimate of drug-likeness (QED) is 0.366. The molecule has 1 aliphatic carbocycles. The fraction of sp³-hybridized carbons (Fsp3) is 0.519. The molecule has 2 fully saturated rings. The summed E-state index contributed by atoms with van der Waals surface area (Å²) in [5.41, 5.74) is 5.76. The van der Waals surface area contributed by atoms with E-state index in [4.69, 9.17) is 4.98 Å². The van der Waals surface area contributed by atoms with Crippen LogP contribution in [0.15, 0.2) is 46.5 Å². The highest BCUT2D eigenvalue weighted by molar-refractivity contribution is 7.98. The fourth-order valence-corrected chi connectivity index (χ4v) is 8.03. The van der Waals surface area contributed by atoms with Crippen molar-refractivity contribution < 1.29 is 8.42 Å². The lowest BCUT2D eigenvalue weighted by Gasteiger charge is -2.30. The maximum absolute atomic E-state index is 13.4. The van der Waals surface area contributed by atoms with Gasteiger partial charge in [-0.25, -0.2) is 13.4 Å². The number of aromatic nitrogens is 2. The number of nitrogens with zero attached hydrogens (tertiary/aromatic N) is 3. The molecule has 3 aromatic rings. The van der Waals surface area contributed by atoms with E-state index < -0.39 is 10.0 Å². The Morgan fingerprint density at radius 2 is 1.79 bits per heavy atom. The minimum Gasteiger partial charge on any atom is -0.316 e. The molecule has 1 saturated carbocycles. The van der Waals surface area contributed by atoms with E-state index in [1.54, 1.807) is 28.2 Å². The van der Waals surface area contributed by atoms with Crippen molar-refractivity contribution in [2.75, 3.05) is 13.1 Å². The zero-order valence-corrected chi connectivity index (χ0v) is 22.1. The van der Waals surface area contributed by atoms with Crippen LogP contribution in [-0.4, -0.2) is 35.4 Å². The van der Waals surface area contributed by atoms with Gasteiger partial charge in [-0.2, -0.15) is 4.31 Å². The first-order chi connectivity index (χ1) is 16.3. The minimum absolute atomic E-state index is 0.371. The number of rotatable bonds is 6. The Balaban J connectivity index is 1.49. The highest BCUT2D eigenvalue weighted by atomic mass is 32.2. The van der Waals surface area contributed by atoms with Gasteiger partial charge in [0.1, 0.15) is 0 Å². The SMILES string of the molecule is Cc1ccc(CSc2nc3cc(S(=O)(=O)N4CCCC(C)C4)ccc3n2C2CCCC2)cc1C. The van der Waals surface area contributed by atoms with Crippen LogP contribution in [0.2, 0.25) is 0 Å². The molecule has 34 heavy (non-hydrogen) atoms. The smallest absolute Gasteiger partial charge is 0.243 e.